The van der Waals surface area contributed by atoms with Gasteiger partial charge in [-0.05, 0) is 38.0 Å². The summed E-state index contributed by atoms with van der Waals surface area (Å²) in [6, 6.07) is 9.35. The lowest BCUT2D eigenvalue weighted by Crippen LogP contribution is -2.48. The van der Waals surface area contributed by atoms with Crippen molar-refractivity contribution in [3.05, 3.63) is 29.8 Å². The molecule has 0 atom stereocenters. The van der Waals surface area contributed by atoms with Crippen LogP contribution in [0.25, 0.3) is 0 Å². The maximum Gasteiger partial charge on any atom is 0.0719 e. The first-order valence-electron chi connectivity index (χ1n) is 7.10. The summed E-state index contributed by atoms with van der Waals surface area (Å²) in [6.07, 6.45) is 0.871. The van der Waals surface area contributed by atoms with Crippen LogP contribution in [0.15, 0.2) is 24.3 Å². The standard InChI is InChI=1S/C15H25N3O/c1-13(2)17-7-9-18(10-8-17)15-5-3-4-14(12-15)6-11-19-16/h3-5,12-13H,6-11,16H2,1-2H3. The molecule has 1 aromatic carbocycles. The molecule has 2 N–H and O–H groups in total. The van der Waals surface area contributed by atoms with Gasteiger partial charge in [-0.25, -0.2) is 5.90 Å². The first kappa shape index (κ1) is 14.3. The van der Waals surface area contributed by atoms with E-state index in [2.05, 4.69) is 52.8 Å². The fraction of sp³-hybridized carbons (Fsp3) is 0.600. The van der Waals surface area contributed by atoms with E-state index < -0.39 is 0 Å². The van der Waals surface area contributed by atoms with Crippen LogP contribution in [-0.2, 0) is 11.3 Å². The summed E-state index contributed by atoms with van der Waals surface area (Å²) >= 11 is 0. The summed E-state index contributed by atoms with van der Waals surface area (Å²) in [7, 11) is 0. The van der Waals surface area contributed by atoms with Crippen molar-refractivity contribution in [1.29, 1.82) is 0 Å². The summed E-state index contributed by atoms with van der Waals surface area (Å²) in [5, 5.41) is 0. The van der Waals surface area contributed by atoms with Gasteiger partial charge in [0.1, 0.15) is 0 Å². The molecule has 0 saturated carbocycles. The van der Waals surface area contributed by atoms with Gasteiger partial charge < -0.3 is 9.74 Å². The van der Waals surface area contributed by atoms with Gasteiger partial charge >= 0.3 is 0 Å². The van der Waals surface area contributed by atoms with Gasteiger partial charge in [0.2, 0.25) is 0 Å². The monoisotopic (exact) mass is 263 g/mol. The zero-order valence-corrected chi connectivity index (χ0v) is 12.0. The normalized spacial score (nSPS) is 17.2. The minimum atomic E-state index is 0.574. The summed E-state index contributed by atoms with van der Waals surface area (Å²) in [5.41, 5.74) is 2.60. The van der Waals surface area contributed by atoms with Crippen LogP contribution in [0.3, 0.4) is 0 Å². The van der Waals surface area contributed by atoms with Crippen LogP contribution in [-0.4, -0.2) is 43.7 Å². The van der Waals surface area contributed by atoms with Crippen molar-refractivity contribution in [3.63, 3.8) is 0 Å². The van der Waals surface area contributed by atoms with Crippen molar-refractivity contribution >= 4 is 5.69 Å². The van der Waals surface area contributed by atoms with Crippen molar-refractivity contribution in [1.82, 2.24) is 4.90 Å². The SMILES string of the molecule is CC(C)N1CCN(c2cccc(CCON)c2)CC1. The Bertz CT molecular complexity index is 387. The molecule has 1 aromatic rings. The van der Waals surface area contributed by atoms with E-state index in [1.54, 1.807) is 0 Å². The van der Waals surface area contributed by atoms with Gasteiger partial charge in [0, 0.05) is 37.9 Å². The van der Waals surface area contributed by atoms with Gasteiger partial charge in [0.25, 0.3) is 0 Å². The van der Waals surface area contributed by atoms with Crippen molar-refractivity contribution in [3.8, 4) is 0 Å². The Balaban J connectivity index is 1.95. The second kappa shape index (κ2) is 6.89. The van der Waals surface area contributed by atoms with Crippen molar-refractivity contribution in [2.24, 2.45) is 5.90 Å². The number of hydrogen-bond acceptors (Lipinski definition) is 4. The second-order valence-electron chi connectivity index (χ2n) is 5.41. The Kier molecular flexibility index (Phi) is 5.19. The topological polar surface area (TPSA) is 41.7 Å². The van der Waals surface area contributed by atoms with Crippen molar-refractivity contribution < 1.29 is 4.84 Å². The van der Waals surface area contributed by atoms with Crippen LogP contribution in [0.2, 0.25) is 0 Å². The van der Waals surface area contributed by atoms with Crippen LogP contribution in [0.4, 0.5) is 5.69 Å². The molecule has 19 heavy (non-hydrogen) atoms. The summed E-state index contributed by atoms with van der Waals surface area (Å²) < 4.78 is 0. The Morgan fingerprint density at radius 3 is 2.58 bits per heavy atom. The highest BCUT2D eigenvalue weighted by Gasteiger charge is 2.18. The van der Waals surface area contributed by atoms with Gasteiger partial charge in [-0.2, -0.15) is 0 Å². The van der Waals surface area contributed by atoms with Gasteiger partial charge in [0.05, 0.1) is 6.61 Å². The van der Waals surface area contributed by atoms with E-state index in [1.165, 1.54) is 11.3 Å². The third-order valence-corrected chi connectivity index (χ3v) is 3.83. The lowest BCUT2D eigenvalue weighted by molar-refractivity contribution is 0.141. The molecule has 0 aromatic heterocycles. The third kappa shape index (κ3) is 3.93. The zero-order chi connectivity index (χ0) is 13.7. The van der Waals surface area contributed by atoms with Crippen molar-refractivity contribution in [2.75, 3.05) is 37.7 Å². The molecule has 1 heterocycles. The van der Waals surface area contributed by atoms with E-state index >= 15 is 0 Å². The Hall–Kier alpha value is -1.10. The lowest BCUT2D eigenvalue weighted by atomic mass is 10.1. The minimum absolute atomic E-state index is 0.574. The molecule has 1 fully saturated rings. The highest BCUT2D eigenvalue weighted by Crippen LogP contribution is 2.19. The molecule has 106 valence electrons. The van der Waals surface area contributed by atoms with E-state index in [9.17, 15) is 0 Å². The van der Waals surface area contributed by atoms with E-state index in [0.717, 1.165) is 32.6 Å². The number of benzene rings is 1. The molecule has 0 amide bonds. The van der Waals surface area contributed by atoms with Crippen LogP contribution in [0, 0.1) is 0 Å². The Labute approximate surface area is 116 Å². The van der Waals surface area contributed by atoms with Gasteiger partial charge in [-0.1, -0.05) is 12.1 Å². The highest BCUT2D eigenvalue weighted by atomic mass is 16.6. The fourth-order valence-electron chi connectivity index (χ4n) is 2.58. The molecule has 1 saturated heterocycles. The molecule has 1 aliphatic rings. The molecule has 2 rings (SSSR count). The predicted molar refractivity (Wildman–Crippen MR) is 79.2 cm³/mol. The summed E-state index contributed by atoms with van der Waals surface area (Å²) in [5.74, 6) is 5.08. The second-order valence-corrected chi connectivity index (χ2v) is 5.41. The maximum atomic E-state index is 5.08. The average molecular weight is 263 g/mol. The highest BCUT2D eigenvalue weighted by molar-refractivity contribution is 5.49. The molecule has 0 radical (unpaired) electrons. The number of rotatable bonds is 5. The predicted octanol–water partition coefficient (Wildman–Crippen LogP) is 1.65. The first-order chi connectivity index (χ1) is 9.20. The van der Waals surface area contributed by atoms with Crippen LogP contribution < -0.4 is 10.8 Å². The summed E-state index contributed by atoms with van der Waals surface area (Å²) in [6.45, 7) is 9.61. The Morgan fingerprint density at radius 1 is 1.21 bits per heavy atom. The van der Waals surface area contributed by atoms with Gasteiger partial charge in [0.15, 0.2) is 0 Å². The molecule has 4 heteroatoms. The van der Waals surface area contributed by atoms with Crippen LogP contribution in [0.5, 0.6) is 0 Å². The number of nitrogens with zero attached hydrogens (tertiary/aromatic N) is 2. The maximum absolute atomic E-state index is 5.08. The molecule has 0 unspecified atom stereocenters. The molecular formula is C15H25N3O. The molecule has 0 bridgehead atoms. The van der Waals surface area contributed by atoms with E-state index in [0.29, 0.717) is 12.6 Å². The summed E-state index contributed by atoms with van der Waals surface area (Å²) in [4.78, 5) is 9.65. The largest absolute Gasteiger partial charge is 0.369 e. The molecule has 4 nitrogen and oxygen atoms in total. The molecule has 1 aliphatic heterocycles. The number of anilines is 1. The van der Waals surface area contributed by atoms with E-state index in [4.69, 9.17) is 5.90 Å². The number of nitrogens with two attached hydrogens (primary N) is 1. The number of hydrogen-bond donors (Lipinski definition) is 1. The van der Waals surface area contributed by atoms with Crippen molar-refractivity contribution in [2.45, 2.75) is 26.3 Å². The average Bonchev–Trinajstić information content (AvgIpc) is 2.45. The lowest BCUT2D eigenvalue weighted by Gasteiger charge is -2.38. The molecule has 0 aliphatic carbocycles. The minimum Gasteiger partial charge on any atom is -0.369 e. The number of piperazine rings is 1. The van der Waals surface area contributed by atoms with Crippen LogP contribution >= 0.6 is 0 Å². The van der Waals surface area contributed by atoms with E-state index in [1.807, 2.05) is 0 Å². The quantitative estimate of drug-likeness (QED) is 0.820. The molecule has 0 spiro atoms. The van der Waals surface area contributed by atoms with Gasteiger partial charge in [-0.3, -0.25) is 4.90 Å². The third-order valence-electron chi connectivity index (χ3n) is 3.83. The zero-order valence-electron chi connectivity index (χ0n) is 12.0. The smallest absolute Gasteiger partial charge is 0.0719 e. The van der Waals surface area contributed by atoms with Gasteiger partial charge in [-0.15, -0.1) is 0 Å². The van der Waals surface area contributed by atoms with Crippen LogP contribution in [0.1, 0.15) is 19.4 Å². The molecular weight excluding hydrogens is 238 g/mol. The fourth-order valence-corrected chi connectivity index (χ4v) is 2.58. The Morgan fingerprint density at radius 2 is 1.95 bits per heavy atom. The van der Waals surface area contributed by atoms with E-state index in [-0.39, 0.29) is 0 Å². The first-order valence-corrected chi connectivity index (χ1v) is 7.10.